The monoisotopic (exact) mass is 266 g/mol. The molecule has 0 aromatic heterocycles. The molecule has 1 aliphatic rings. The van der Waals surface area contributed by atoms with Gasteiger partial charge in [-0.25, -0.2) is 0 Å². The zero-order valence-corrected chi connectivity index (χ0v) is 10.0. The third-order valence-corrected chi connectivity index (χ3v) is 2.24. The van der Waals surface area contributed by atoms with Crippen LogP contribution in [-0.4, -0.2) is 20.1 Å². The van der Waals surface area contributed by atoms with Gasteiger partial charge in [-0.15, -0.1) is 0 Å². The molecule has 0 saturated heterocycles. The fourth-order valence-corrected chi connectivity index (χ4v) is 1.38. The van der Waals surface area contributed by atoms with Crippen LogP contribution >= 0.6 is 0 Å². The maximum absolute atomic E-state index is 2.99. The Kier molecular flexibility index (Phi) is 8.88. The molecule has 0 fully saturated rings. The van der Waals surface area contributed by atoms with Gasteiger partial charge in [0.15, 0.2) is 0 Å². The fraction of sp³-hybridized carbons (Fsp3) is 0. The molecule has 2 rings (SSSR count). The van der Waals surface area contributed by atoms with Crippen molar-refractivity contribution in [2.75, 3.05) is 0 Å². The first-order chi connectivity index (χ1) is 6.00. The standard InChI is InChI=1S/C6H4.C5H3As.Cr/c2*1-2-4-6-5-3-1;/h1-4H;1-2,4H;. The molecule has 0 aliphatic carbocycles. The third-order valence-electron chi connectivity index (χ3n) is 1.02. The van der Waals surface area contributed by atoms with Gasteiger partial charge in [0, 0.05) is 17.4 Å². The Hall–Kier alpha value is -0.699. The fourth-order valence-electron chi connectivity index (χ4n) is 0.550. The summed E-state index contributed by atoms with van der Waals surface area (Å²) in [6.07, 6.45) is 3.88. The van der Waals surface area contributed by atoms with Gasteiger partial charge in [0.1, 0.15) is 0 Å². The quantitative estimate of drug-likeness (QED) is 0.490. The summed E-state index contributed by atoms with van der Waals surface area (Å²) in [4.78, 5) is 2.13. The molecule has 1 aliphatic heterocycles. The Balaban J connectivity index is 0.000000206. The van der Waals surface area contributed by atoms with Crippen molar-refractivity contribution in [3.63, 3.8) is 0 Å². The van der Waals surface area contributed by atoms with Crippen molar-refractivity contribution < 1.29 is 17.4 Å². The summed E-state index contributed by atoms with van der Waals surface area (Å²) in [5.74, 6) is 2.86. The van der Waals surface area contributed by atoms with Gasteiger partial charge in [-0.3, -0.25) is 0 Å². The van der Waals surface area contributed by atoms with Crippen LogP contribution in [0.15, 0.2) is 36.4 Å². The van der Waals surface area contributed by atoms with Crippen molar-refractivity contribution in [1.82, 2.24) is 0 Å². The number of hydrogen-bond acceptors (Lipinski definition) is 0. The number of allylic oxidation sites excluding steroid dienone is 2. The molecule has 2 heteroatoms. The van der Waals surface area contributed by atoms with Crippen molar-refractivity contribution in [2.24, 2.45) is 0 Å². The second-order valence-corrected chi connectivity index (χ2v) is 3.54. The molecule has 0 spiro atoms. The van der Waals surface area contributed by atoms with Gasteiger partial charge in [-0.2, -0.15) is 0 Å². The van der Waals surface area contributed by atoms with Crippen LogP contribution in [0.2, 0.25) is 0 Å². The van der Waals surface area contributed by atoms with E-state index in [1.807, 2.05) is 36.4 Å². The zero-order valence-electron chi connectivity index (χ0n) is 6.90. The first-order valence-corrected chi connectivity index (χ1v) is 5.54. The Morgan fingerprint density at radius 1 is 1.00 bits per heavy atom. The summed E-state index contributed by atoms with van der Waals surface area (Å²) < 4.78 is 2.99. The maximum Gasteiger partial charge on any atom is 0 e. The van der Waals surface area contributed by atoms with E-state index in [-0.39, 0.29) is 32.7 Å². The molecule has 62 valence electrons. The Morgan fingerprint density at radius 2 is 1.69 bits per heavy atom. The minimum absolute atomic E-state index is 0. The van der Waals surface area contributed by atoms with E-state index < -0.39 is 0 Å². The summed E-state index contributed by atoms with van der Waals surface area (Å²) in [6, 6.07) is 13.0. The minimum Gasteiger partial charge on any atom is -0.0702 e. The summed E-state index contributed by atoms with van der Waals surface area (Å²) in [5, 5.41) is 0. The van der Waals surface area contributed by atoms with Crippen LogP contribution in [0.5, 0.6) is 0 Å². The molecule has 0 unspecified atom stereocenters. The van der Waals surface area contributed by atoms with E-state index in [2.05, 4.69) is 27.6 Å². The van der Waals surface area contributed by atoms with E-state index in [1.54, 1.807) is 0 Å². The van der Waals surface area contributed by atoms with E-state index in [4.69, 9.17) is 0 Å². The normalized spacial score (nSPS) is 10.5. The number of rotatable bonds is 0. The van der Waals surface area contributed by atoms with E-state index in [0.29, 0.717) is 0 Å². The molecule has 13 heavy (non-hydrogen) atoms. The van der Waals surface area contributed by atoms with Crippen LogP contribution < -0.4 is 0 Å². The number of hydrogen-bond donors (Lipinski definition) is 0. The van der Waals surface area contributed by atoms with Crippen LogP contribution in [0.3, 0.4) is 0 Å². The van der Waals surface area contributed by atoms with Gasteiger partial charge in [-0.1, -0.05) is 24.3 Å². The van der Waals surface area contributed by atoms with Gasteiger partial charge in [0.2, 0.25) is 0 Å². The summed E-state index contributed by atoms with van der Waals surface area (Å²) in [7, 11) is 0. The van der Waals surface area contributed by atoms with Crippen LogP contribution in [0, 0.1) is 22.8 Å². The predicted molar refractivity (Wildman–Crippen MR) is 52.8 cm³/mol. The first kappa shape index (κ1) is 12.3. The summed E-state index contributed by atoms with van der Waals surface area (Å²) in [5.41, 5.74) is 0. The molecule has 0 radical (unpaired) electrons. The van der Waals surface area contributed by atoms with E-state index >= 15 is 0 Å². The van der Waals surface area contributed by atoms with Crippen molar-refractivity contribution >= 4 is 20.1 Å². The molecule has 0 atom stereocenters. The summed E-state index contributed by atoms with van der Waals surface area (Å²) >= 11 is 0.258. The summed E-state index contributed by atoms with van der Waals surface area (Å²) in [6.45, 7) is 0. The Morgan fingerprint density at radius 3 is 1.85 bits per heavy atom. The molecule has 0 nitrogen and oxygen atoms in total. The molecule has 1 aromatic carbocycles. The average molecular weight is 266 g/mol. The topological polar surface area (TPSA) is 0 Å². The van der Waals surface area contributed by atoms with Gasteiger partial charge in [0.25, 0.3) is 0 Å². The van der Waals surface area contributed by atoms with Gasteiger partial charge in [-0.05, 0) is 12.1 Å². The second-order valence-electron chi connectivity index (χ2n) is 1.90. The third kappa shape index (κ3) is 7.65. The van der Waals surface area contributed by atoms with Crippen LogP contribution in [0.4, 0.5) is 0 Å². The molecule has 1 heterocycles. The van der Waals surface area contributed by atoms with Gasteiger partial charge in [0.05, 0.1) is 0 Å². The first-order valence-electron chi connectivity index (χ1n) is 3.51. The maximum atomic E-state index is 2.99. The molecule has 1 aromatic rings. The molecular weight excluding hydrogens is 259 g/mol. The van der Waals surface area contributed by atoms with Gasteiger partial charge < -0.3 is 0 Å². The molecule has 0 saturated carbocycles. The smallest absolute Gasteiger partial charge is 0 e. The predicted octanol–water partition coefficient (Wildman–Crippen LogP) is 1.31. The Labute approximate surface area is 96.4 Å². The van der Waals surface area contributed by atoms with E-state index in [9.17, 15) is 0 Å². The second kappa shape index (κ2) is 9.39. The molecule has 0 N–H and O–H groups in total. The molecular formula is C11H7AsCr. The van der Waals surface area contributed by atoms with E-state index in [0.717, 1.165) is 0 Å². The SMILES string of the molecule is C1#C[As]=CC=C1.[Cr].c1ccccc#1. The van der Waals surface area contributed by atoms with Crippen molar-refractivity contribution in [1.29, 1.82) is 0 Å². The van der Waals surface area contributed by atoms with E-state index in [1.165, 1.54) is 0 Å². The van der Waals surface area contributed by atoms with Crippen LogP contribution in [0.25, 0.3) is 0 Å². The minimum atomic E-state index is 0. The van der Waals surface area contributed by atoms with Gasteiger partial charge >= 0.3 is 42.9 Å². The molecule has 0 bridgehead atoms. The van der Waals surface area contributed by atoms with Crippen LogP contribution in [0.1, 0.15) is 0 Å². The van der Waals surface area contributed by atoms with Crippen LogP contribution in [-0.2, 0) is 17.4 Å². The largest absolute Gasteiger partial charge is 0.0702 e. The molecule has 0 amide bonds. The van der Waals surface area contributed by atoms with Crippen molar-refractivity contribution in [2.45, 2.75) is 0 Å². The average Bonchev–Trinajstić information content (AvgIpc) is 2.24. The Bertz CT molecular complexity index is 274. The zero-order chi connectivity index (χ0) is 8.49. The van der Waals surface area contributed by atoms with Crippen molar-refractivity contribution in [3.8, 4) is 10.6 Å². The van der Waals surface area contributed by atoms with Crippen molar-refractivity contribution in [3.05, 3.63) is 48.6 Å².